The number of carbonyl (C=O) groups is 2. The van der Waals surface area contributed by atoms with Gasteiger partial charge in [-0.05, 0) is 56.1 Å². The van der Waals surface area contributed by atoms with Crippen molar-refractivity contribution in [1.29, 1.82) is 0 Å². The number of amides is 2. The molecular formula is C23H25N3O4. The number of hydrogen-bond donors (Lipinski definition) is 1. The highest BCUT2D eigenvalue weighted by Gasteiger charge is 2.37. The molecule has 2 aromatic rings. The van der Waals surface area contributed by atoms with Gasteiger partial charge in [-0.25, -0.2) is 0 Å². The van der Waals surface area contributed by atoms with Gasteiger partial charge in [-0.3, -0.25) is 19.4 Å². The third-order valence-electron chi connectivity index (χ3n) is 6.14. The second kappa shape index (κ2) is 7.65. The maximum atomic E-state index is 13.5. The van der Waals surface area contributed by atoms with E-state index in [1.54, 1.807) is 4.90 Å². The molecule has 1 N–H and O–H groups in total. The highest BCUT2D eigenvalue weighted by Crippen LogP contribution is 2.39. The van der Waals surface area contributed by atoms with Crippen molar-refractivity contribution in [3.05, 3.63) is 48.0 Å². The number of benzene rings is 2. The highest BCUT2D eigenvalue weighted by molar-refractivity contribution is 6.11. The predicted octanol–water partition coefficient (Wildman–Crippen LogP) is 2.97. The van der Waals surface area contributed by atoms with Crippen molar-refractivity contribution in [3.63, 3.8) is 0 Å². The first-order valence-electron chi connectivity index (χ1n) is 10.5. The Kier molecular flexibility index (Phi) is 4.83. The van der Waals surface area contributed by atoms with E-state index in [-0.39, 0.29) is 30.4 Å². The van der Waals surface area contributed by atoms with E-state index >= 15 is 0 Å². The normalized spacial score (nSPS) is 21.7. The number of likely N-dealkylation sites (tertiary alicyclic amines) is 1. The first-order valence-corrected chi connectivity index (χ1v) is 10.5. The first kappa shape index (κ1) is 18.9. The van der Waals surface area contributed by atoms with E-state index in [9.17, 15) is 9.59 Å². The summed E-state index contributed by atoms with van der Waals surface area (Å²) in [6.07, 6.45) is 2.00. The van der Waals surface area contributed by atoms with Gasteiger partial charge >= 0.3 is 0 Å². The fourth-order valence-electron chi connectivity index (χ4n) is 4.68. The number of ether oxygens (including phenoxy) is 2. The van der Waals surface area contributed by atoms with Crippen LogP contribution in [0.5, 0.6) is 11.5 Å². The number of nitrogens with zero attached hydrogens (tertiary/aromatic N) is 2. The van der Waals surface area contributed by atoms with Crippen LogP contribution < -0.4 is 19.7 Å². The summed E-state index contributed by atoms with van der Waals surface area (Å²) in [5, 5.41) is 2.84. The first-order chi connectivity index (χ1) is 14.6. The topological polar surface area (TPSA) is 71.1 Å². The predicted molar refractivity (Wildman–Crippen MR) is 113 cm³/mol. The van der Waals surface area contributed by atoms with Crippen LogP contribution in [0.25, 0.3) is 0 Å². The van der Waals surface area contributed by atoms with Crippen LogP contribution >= 0.6 is 0 Å². The van der Waals surface area contributed by atoms with E-state index < -0.39 is 0 Å². The van der Waals surface area contributed by atoms with Gasteiger partial charge < -0.3 is 14.8 Å². The molecule has 2 aromatic carbocycles. The van der Waals surface area contributed by atoms with E-state index in [0.29, 0.717) is 18.9 Å². The molecule has 156 valence electrons. The van der Waals surface area contributed by atoms with Gasteiger partial charge in [0.15, 0.2) is 11.5 Å². The second-order valence-electron chi connectivity index (χ2n) is 7.96. The zero-order chi connectivity index (χ0) is 20.7. The smallest absolute Gasteiger partial charge is 0.244 e. The molecule has 7 nitrogen and oxygen atoms in total. The summed E-state index contributed by atoms with van der Waals surface area (Å²) in [5.74, 6) is 1.32. The van der Waals surface area contributed by atoms with E-state index in [2.05, 4.69) is 16.3 Å². The molecule has 0 bridgehead atoms. The average molecular weight is 407 g/mol. The third-order valence-corrected chi connectivity index (χ3v) is 6.14. The van der Waals surface area contributed by atoms with Gasteiger partial charge in [-0.1, -0.05) is 18.2 Å². The molecule has 7 heteroatoms. The van der Waals surface area contributed by atoms with Crippen LogP contribution in [0.2, 0.25) is 0 Å². The van der Waals surface area contributed by atoms with Crippen LogP contribution in [0.15, 0.2) is 42.5 Å². The molecule has 1 saturated heterocycles. The quantitative estimate of drug-likeness (QED) is 0.847. The molecule has 1 fully saturated rings. The molecule has 2 amide bonds. The molecule has 30 heavy (non-hydrogen) atoms. The molecule has 0 saturated carbocycles. The van der Waals surface area contributed by atoms with Crippen LogP contribution in [0.3, 0.4) is 0 Å². The largest absolute Gasteiger partial charge is 0.486 e. The highest BCUT2D eigenvalue weighted by atomic mass is 16.6. The van der Waals surface area contributed by atoms with Crippen molar-refractivity contribution in [2.24, 2.45) is 0 Å². The van der Waals surface area contributed by atoms with Crippen LogP contribution in [0.1, 0.15) is 31.4 Å². The van der Waals surface area contributed by atoms with Gasteiger partial charge in [0.1, 0.15) is 19.8 Å². The number of para-hydroxylation sites is 2. The van der Waals surface area contributed by atoms with Crippen LogP contribution in [0.4, 0.5) is 11.4 Å². The van der Waals surface area contributed by atoms with E-state index in [0.717, 1.165) is 42.1 Å². The zero-order valence-corrected chi connectivity index (χ0v) is 17.0. The van der Waals surface area contributed by atoms with Gasteiger partial charge in [-0.15, -0.1) is 0 Å². The van der Waals surface area contributed by atoms with Crippen molar-refractivity contribution in [2.45, 2.75) is 31.8 Å². The Balaban J connectivity index is 1.40. The van der Waals surface area contributed by atoms with Crippen LogP contribution in [-0.2, 0) is 9.59 Å². The third kappa shape index (κ3) is 3.29. The lowest BCUT2D eigenvalue weighted by Gasteiger charge is -2.36. The second-order valence-corrected chi connectivity index (χ2v) is 7.96. The van der Waals surface area contributed by atoms with Crippen molar-refractivity contribution >= 4 is 23.2 Å². The Hall–Kier alpha value is -3.06. The Labute approximate surface area is 175 Å². The average Bonchev–Trinajstić information content (AvgIpc) is 3.27. The lowest BCUT2D eigenvalue weighted by atomic mass is 10.0. The van der Waals surface area contributed by atoms with Crippen molar-refractivity contribution in [3.8, 4) is 11.5 Å². The number of hydrogen-bond acceptors (Lipinski definition) is 5. The summed E-state index contributed by atoms with van der Waals surface area (Å²) in [6.45, 7) is 3.94. The number of nitrogens with one attached hydrogen (secondary N) is 1. The van der Waals surface area contributed by atoms with Crippen molar-refractivity contribution in [2.75, 3.05) is 36.5 Å². The summed E-state index contributed by atoms with van der Waals surface area (Å²) >= 11 is 0. The van der Waals surface area contributed by atoms with Gasteiger partial charge in [0.2, 0.25) is 11.8 Å². The maximum Gasteiger partial charge on any atom is 0.244 e. The molecule has 3 heterocycles. The molecule has 0 aliphatic carbocycles. The molecule has 0 aromatic heterocycles. The van der Waals surface area contributed by atoms with Gasteiger partial charge in [0, 0.05) is 6.04 Å². The van der Waals surface area contributed by atoms with Crippen molar-refractivity contribution < 1.29 is 19.1 Å². The maximum absolute atomic E-state index is 13.5. The minimum atomic E-state index is -0.343. The van der Waals surface area contributed by atoms with E-state index in [4.69, 9.17) is 9.47 Å². The molecule has 0 radical (unpaired) electrons. The van der Waals surface area contributed by atoms with Crippen LogP contribution in [0, 0.1) is 0 Å². The summed E-state index contributed by atoms with van der Waals surface area (Å²) in [6, 6.07) is 13.3. The SMILES string of the molecule is C[C@H](C(=O)N1CC(=O)Nc2ccccc21)N1CCC[C@@H]1c1ccc2c(c1)OCCO2. The number of carbonyl (C=O) groups excluding carboxylic acids is 2. The zero-order valence-electron chi connectivity index (χ0n) is 17.0. The van der Waals surface area contributed by atoms with Gasteiger partial charge in [-0.2, -0.15) is 0 Å². The fraction of sp³-hybridized carbons (Fsp3) is 0.391. The molecule has 5 rings (SSSR count). The molecule has 2 atom stereocenters. The summed E-state index contributed by atoms with van der Waals surface area (Å²) in [4.78, 5) is 29.5. The number of rotatable bonds is 3. The monoisotopic (exact) mass is 407 g/mol. The fourth-order valence-corrected chi connectivity index (χ4v) is 4.68. The molecule has 0 spiro atoms. The molecule has 3 aliphatic rings. The lowest BCUT2D eigenvalue weighted by molar-refractivity contribution is -0.125. The summed E-state index contributed by atoms with van der Waals surface area (Å²) < 4.78 is 11.4. The molecule has 0 unspecified atom stereocenters. The summed E-state index contributed by atoms with van der Waals surface area (Å²) in [5.41, 5.74) is 2.57. The van der Waals surface area contributed by atoms with Gasteiger partial charge in [0.25, 0.3) is 0 Å². The van der Waals surface area contributed by atoms with E-state index in [1.807, 2.05) is 43.3 Å². The van der Waals surface area contributed by atoms with E-state index in [1.165, 1.54) is 0 Å². The number of fused-ring (bicyclic) bond motifs is 2. The van der Waals surface area contributed by atoms with Crippen molar-refractivity contribution in [1.82, 2.24) is 4.90 Å². The Morgan fingerprint density at radius 1 is 1.13 bits per heavy atom. The Morgan fingerprint density at radius 3 is 2.80 bits per heavy atom. The van der Waals surface area contributed by atoms with Crippen LogP contribution in [-0.4, -0.2) is 49.1 Å². The Morgan fingerprint density at radius 2 is 1.93 bits per heavy atom. The standard InChI is InChI=1S/C23H25N3O4/c1-15(23(28)26-14-22(27)24-17-5-2-3-6-19(17)26)25-10-4-7-18(25)16-8-9-20-21(13-16)30-12-11-29-20/h2-3,5-6,8-9,13,15,18H,4,7,10-12,14H2,1H3,(H,24,27)/t15-,18-/m1/s1. The molecular weight excluding hydrogens is 382 g/mol. The summed E-state index contributed by atoms with van der Waals surface area (Å²) in [7, 11) is 0. The minimum absolute atomic E-state index is 0.0444. The minimum Gasteiger partial charge on any atom is -0.486 e. The number of anilines is 2. The van der Waals surface area contributed by atoms with Gasteiger partial charge in [0.05, 0.1) is 17.4 Å². The lowest BCUT2D eigenvalue weighted by Crippen LogP contribution is -2.51. The Bertz CT molecular complexity index is 992. The molecule has 3 aliphatic heterocycles.